The molecule has 0 radical (unpaired) electrons. The van der Waals surface area contributed by atoms with Gasteiger partial charge in [0.25, 0.3) is 0 Å². The summed E-state index contributed by atoms with van der Waals surface area (Å²) < 4.78 is 0. The van der Waals surface area contributed by atoms with Crippen molar-refractivity contribution in [3.8, 4) is 0 Å². The minimum atomic E-state index is -0.560. The smallest absolute Gasteiger partial charge is 0.0653 e. The first-order chi connectivity index (χ1) is 14.7. The molecule has 2 heteroatoms. The second kappa shape index (κ2) is 7.84. The SMILES string of the molecule is CC(C)=CCC[C@](C)(O)[C@H]1CC[C@]2(C)[C@@H]1CC[C@@H]1[C@@]3(C)CCC(O)C(C)(C)[C@@H]3CC[C@]12C. The summed E-state index contributed by atoms with van der Waals surface area (Å²) in [6.45, 7) is 19.0. The number of aliphatic hydroxyl groups is 2. The summed E-state index contributed by atoms with van der Waals surface area (Å²) in [5.74, 6) is 2.45. The van der Waals surface area contributed by atoms with Gasteiger partial charge in [0, 0.05) is 0 Å². The molecule has 0 aliphatic heterocycles. The molecule has 2 nitrogen and oxygen atoms in total. The van der Waals surface area contributed by atoms with Gasteiger partial charge in [-0.3, -0.25) is 0 Å². The Labute approximate surface area is 198 Å². The molecule has 1 unspecified atom stereocenters. The Morgan fingerprint density at radius 2 is 1.53 bits per heavy atom. The largest absolute Gasteiger partial charge is 0.393 e. The van der Waals surface area contributed by atoms with Gasteiger partial charge in [0.15, 0.2) is 0 Å². The highest BCUT2D eigenvalue weighted by molar-refractivity contribution is 5.18. The third-order valence-corrected chi connectivity index (χ3v) is 12.4. The predicted octanol–water partition coefficient (Wildman–Crippen LogP) is 7.53. The van der Waals surface area contributed by atoms with E-state index >= 15 is 0 Å². The lowest BCUT2D eigenvalue weighted by Gasteiger charge is -2.70. The molecule has 4 saturated carbocycles. The highest BCUT2D eigenvalue weighted by Crippen LogP contribution is 2.75. The van der Waals surface area contributed by atoms with Gasteiger partial charge in [-0.05, 0) is 130 Å². The van der Waals surface area contributed by atoms with Gasteiger partial charge in [0.05, 0.1) is 11.7 Å². The van der Waals surface area contributed by atoms with Crippen molar-refractivity contribution in [2.24, 2.45) is 45.3 Å². The summed E-state index contributed by atoms with van der Waals surface area (Å²) in [6.07, 6.45) is 13.8. The molecule has 32 heavy (non-hydrogen) atoms. The molecular formula is C30H52O2. The van der Waals surface area contributed by atoms with Crippen molar-refractivity contribution >= 4 is 0 Å². The van der Waals surface area contributed by atoms with Crippen molar-refractivity contribution in [1.82, 2.24) is 0 Å². The van der Waals surface area contributed by atoms with E-state index in [0.29, 0.717) is 34.0 Å². The second-order valence-electron chi connectivity index (χ2n) is 14.4. The molecule has 2 N–H and O–H groups in total. The van der Waals surface area contributed by atoms with Crippen molar-refractivity contribution < 1.29 is 10.2 Å². The number of allylic oxidation sites excluding steroid dienone is 2. The van der Waals surface area contributed by atoms with E-state index in [1.807, 2.05) is 0 Å². The number of hydrogen-bond acceptors (Lipinski definition) is 2. The Kier molecular flexibility index (Phi) is 6.07. The highest BCUT2D eigenvalue weighted by atomic mass is 16.3. The zero-order valence-electron chi connectivity index (χ0n) is 22.4. The molecule has 0 spiro atoms. The molecule has 0 aromatic carbocycles. The van der Waals surface area contributed by atoms with Crippen LogP contribution in [0.1, 0.15) is 120 Å². The molecule has 0 aromatic rings. The lowest BCUT2D eigenvalue weighted by Crippen LogP contribution is -2.64. The lowest BCUT2D eigenvalue weighted by atomic mass is 9.35. The lowest BCUT2D eigenvalue weighted by molar-refractivity contribution is -0.225. The Morgan fingerprint density at radius 1 is 0.875 bits per heavy atom. The van der Waals surface area contributed by atoms with Crippen LogP contribution in [0, 0.1) is 45.3 Å². The first-order valence-corrected chi connectivity index (χ1v) is 13.7. The molecule has 0 bridgehead atoms. The van der Waals surface area contributed by atoms with Crippen LogP contribution in [0.5, 0.6) is 0 Å². The second-order valence-corrected chi connectivity index (χ2v) is 14.4. The summed E-state index contributed by atoms with van der Waals surface area (Å²) in [5.41, 5.74) is 1.84. The summed E-state index contributed by atoms with van der Waals surface area (Å²) >= 11 is 0. The van der Waals surface area contributed by atoms with Gasteiger partial charge in [-0.1, -0.05) is 46.3 Å². The summed E-state index contributed by atoms with van der Waals surface area (Å²) in [7, 11) is 0. The van der Waals surface area contributed by atoms with Crippen LogP contribution in [0.25, 0.3) is 0 Å². The molecule has 4 fully saturated rings. The van der Waals surface area contributed by atoms with E-state index in [0.717, 1.165) is 25.2 Å². The van der Waals surface area contributed by atoms with E-state index in [1.165, 1.54) is 50.5 Å². The van der Waals surface area contributed by atoms with Gasteiger partial charge < -0.3 is 10.2 Å². The van der Waals surface area contributed by atoms with Crippen molar-refractivity contribution in [2.75, 3.05) is 0 Å². The van der Waals surface area contributed by atoms with Crippen LogP contribution in [0.15, 0.2) is 11.6 Å². The molecule has 9 atom stereocenters. The van der Waals surface area contributed by atoms with Gasteiger partial charge in [-0.2, -0.15) is 0 Å². The quantitative estimate of drug-likeness (QED) is 0.440. The standard InChI is InChI=1S/C30H52O2/c1-20(2)10-9-16-30(8,32)22-13-18-28(6)21(22)11-12-24-27(5)17-15-25(31)26(3,4)23(27)14-19-29(24,28)7/h10,21-25,31-32H,9,11-19H2,1-8H3/t21-,22+,23+,24-,25?,27+,28-,29-,30+/m1/s1. The zero-order chi connectivity index (χ0) is 23.7. The van der Waals surface area contributed by atoms with Crippen molar-refractivity contribution in [3.05, 3.63) is 11.6 Å². The van der Waals surface area contributed by atoms with Gasteiger partial charge >= 0.3 is 0 Å². The normalized spacial score (nSPS) is 49.4. The van der Waals surface area contributed by atoms with Gasteiger partial charge in [0.2, 0.25) is 0 Å². The Morgan fingerprint density at radius 3 is 2.19 bits per heavy atom. The number of aliphatic hydroxyl groups excluding tert-OH is 1. The topological polar surface area (TPSA) is 40.5 Å². The van der Waals surface area contributed by atoms with Crippen LogP contribution >= 0.6 is 0 Å². The average molecular weight is 445 g/mol. The molecule has 0 amide bonds. The summed E-state index contributed by atoms with van der Waals surface area (Å²) in [6, 6.07) is 0. The minimum absolute atomic E-state index is 0.0267. The van der Waals surface area contributed by atoms with Crippen molar-refractivity contribution in [1.29, 1.82) is 0 Å². The Hall–Kier alpha value is -0.340. The molecule has 4 aliphatic carbocycles. The minimum Gasteiger partial charge on any atom is -0.393 e. The highest BCUT2D eigenvalue weighted by Gasteiger charge is 2.69. The molecule has 4 rings (SSSR count). The van der Waals surface area contributed by atoms with E-state index in [2.05, 4.69) is 61.5 Å². The number of rotatable bonds is 4. The first-order valence-electron chi connectivity index (χ1n) is 13.7. The van der Waals surface area contributed by atoms with E-state index in [1.54, 1.807) is 0 Å². The molecule has 4 aliphatic rings. The van der Waals surface area contributed by atoms with Crippen LogP contribution in [0.3, 0.4) is 0 Å². The molecule has 0 saturated heterocycles. The summed E-state index contributed by atoms with van der Waals surface area (Å²) in [4.78, 5) is 0. The molecule has 184 valence electrons. The average Bonchev–Trinajstić information content (AvgIpc) is 3.04. The van der Waals surface area contributed by atoms with E-state index < -0.39 is 5.60 Å². The monoisotopic (exact) mass is 444 g/mol. The number of fused-ring (bicyclic) bond motifs is 5. The van der Waals surface area contributed by atoms with Crippen LogP contribution in [-0.4, -0.2) is 21.9 Å². The molecule has 0 heterocycles. The van der Waals surface area contributed by atoms with Crippen LogP contribution in [0.4, 0.5) is 0 Å². The van der Waals surface area contributed by atoms with Crippen molar-refractivity contribution in [3.63, 3.8) is 0 Å². The third-order valence-electron chi connectivity index (χ3n) is 12.4. The fraction of sp³-hybridized carbons (Fsp3) is 0.933. The maximum Gasteiger partial charge on any atom is 0.0653 e. The maximum absolute atomic E-state index is 11.6. The van der Waals surface area contributed by atoms with Gasteiger partial charge in [-0.15, -0.1) is 0 Å². The molecular weight excluding hydrogens is 392 g/mol. The van der Waals surface area contributed by atoms with Crippen LogP contribution in [-0.2, 0) is 0 Å². The van der Waals surface area contributed by atoms with E-state index in [4.69, 9.17) is 0 Å². The maximum atomic E-state index is 11.6. The summed E-state index contributed by atoms with van der Waals surface area (Å²) in [5, 5.41) is 22.5. The fourth-order valence-electron chi connectivity index (χ4n) is 10.3. The molecule has 0 aromatic heterocycles. The third kappa shape index (κ3) is 3.40. The van der Waals surface area contributed by atoms with Crippen molar-refractivity contribution in [2.45, 2.75) is 131 Å². The van der Waals surface area contributed by atoms with E-state index in [-0.39, 0.29) is 11.5 Å². The number of hydrogen-bond donors (Lipinski definition) is 2. The van der Waals surface area contributed by atoms with Crippen LogP contribution in [0.2, 0.25) is 0 Å². The predicted molar refractivity (Wildman–Crippen MR) is 134 cm³/mol. The van der Waals surface area contributed by atoms with E-state index in [9.17, 15) is 10.2 Å². The van der Waals surface area contributed by atoms with Crippen LogP contribution < -0.4 is 0 Å². The van der Waals surface area contributed by atoms with Gasteiger partial charge in [-0.25, -0.2) is 0 Å². The zero-order valence-corrected chi connectivity index (χ0v) is 22.4. The Balaban J connectivity index is 1.61. The Bertz CT molecular complexity index is 746. The first kappa shape index (κ1) is 24.8. The van der Waals surface area contributed by atoms with Gasteiger partial charge in [0.1, 0.15) is 0 Å². The fourth-order valence-corrected chi connectivity index (χ4v) is 10.3.